The van der Waals surface area contributed by atoms with Gasteiger partial charge in [-0.05, 0) is 136 Å². The standard InChI is InChI=1S/C33H40I6N6O15/c1-42(13(52)9-48)30(57)17-19(34)15(28(55)40-5-11(50)7-46)21(36)25(23(17)38)44(3)32(59)27(54)33(60)45(4)26-22(37)16(29(56)41-6-12(51)8-47)20(35)18(24(26)39)31(58)43(2)14(53)10-49/h11-14,27,46-54H,5-10H2,1-4H3,(H,40,55)(H,41,56). The molecule has 2 aromatic rings. The van der Waals surface area contributed by atoms with Crippen molar-refractivity contribution in [2.45, 2.75) is 30.8 Å². The molecule has 0 aliphatic heterocycles. The van der Waals surface area contributed by atoms with Crippen LogP contribution >= 0.6 is 136 Å². The van der Waals surface area contributed by atoms with Gasteiger partial charge in [-0.15, -0.1) is 0 Å². The lowest BCUT2D eigenvalue weighted by Crippen LogP contribution is -2.48. The van der Waals surface area contributed by atoms with Gasteiger partial charge in [0.25, 0.3) is 35.4 Å². The van der Waals surface area contributed by atoms with Crippen molar-refractivity contribution in [1.29, 1.82) is 0 Å². The first-order chi connectivity index (χ1) is 27.9. The van der Waals surface area contributed by atoms with Crippen molar-refractivity contribution in [3.05, 3.63) is 43.7 Å². The van der Waals surface area contributed by atoms with Crippen LogP contribution in [0.15, 0.2) is 0 Å². The zero-order valence-corrected chi connectivity index (χ0v) is 44.6. The van der Waals surface area contributed by atoms with Crippen LogP contribution < -0.4 is 20.4 Å². The van der Waals surface area contributed by atoms with Gasteiger partial charge in [-0.1, -0.05) is 0 Å². The summed E-state index contributed by atoms with van der Waals surface area (Å²) in [5.41, 5.74) is -1.14. The summed E-state index contributed by atoms with van der Waals surface area (Å²) >= 11 is 10.2. The van der Waals surface area contributed by atoms with Crippen LogP contribution in [0.4, 0.5) is 11.4 Å². The fourth-order valence-corrected chi connectivity index (χ4v) is 14.6. The van der Waals surface area contributed by atoms with Crippen LogP contribution in [-0.2, 0) is 9.59 Å². The lowest BCUT2D eigenvalue weighted by molar-refractivity contribution is -0.137. The van der Waals surface area contributed by atoms with Crippen molar-refractivity contribution in [2.75, 3.05) is 77.5 Å². The molecule has 4 atom stereocenters. The van der Waals surface area contributed by atoms with Crippen LogP contribution in [0.1, 0.15) is 41.4 Å². The fraction of sp³-hybridized carbons (Fsp3) is 0.455. The molecule has 21 nitrogen and oxygen atoms in total. The van der Waals surface area contributed by atoms with E-state index in [1.54, 1.807) is 136 Å². The third-order valence-electron chi connectivity index (χ3n) is 8.55. The number of benzene rings is 2. The predicted octanol–water partition coefficient (Wildman–Crippen LogP) is -1.77. The molecule has 2 aromatic carbocycles. The Kier molecular flexibility index (Phi) is 22.7. The molecule has 0 fully saturated rings. The number of nitrogens with zero attached hydrogens (tertiary/aromatic N) is 4. The number of hydrogen-bond acceptors (Lipinski definition) is 15. The lowest BCUT2D eigenvalue weighted by atomic mass is 10.0. The molecule has 0 radical (unpaired) electrons. The third kappa shape index (κ3) is 12.3. The number of aliphatic hydroxyl groups is 9. The van der Waals surface area contributed by atoms with E-state index in [-0.39, 0.29) is 55.0 Å². The summed E-state index contributed by atoms with van der Waals surface area (Å²) in [6.07, 6.45) is -8.60. The molecule has 0 aromatic heterocycles. The van der Waals surface area contributed by atoms with Crippen molar-refractivity contribution >= 4 is 182 Å². The summed E-state index contributed by atoms with van der Waals surface area (Å²) in [5, 5.41) is 94.1. The summed E-state index contributed by atoms with van der Waals surface area (Å²) in [6, 6.07) is 0. The average Bonchev–Trinajstić information content (AvgIpc) is 3.21. The van der Waals surface area contributed by atoms with Gasteiger partial charge in [-0.3, -0.25) is 28.8 Å². The first kappa shape index (κ1) is 55.4. The van der Waals surface area contributed by atoms with E-state index in [4.69, 9.17) is 0 Å². The van der Waals surface area contributed by atoms with Gasteiger partial charge in [-0.2, -0.15) is 0 Å². The van der Waals surface area contributed by atoms with Gasteiger partial charge in [0, 0.05) is 48.4 Å². The second-order valence-corrected chi connectivity index (χ2v) is 19.0. The summed E-state index contributed by atoms with van der Waals surface area (Å²) < 4.78 is 0.140. The van der Waals surface area contributed by atoms with Gasteiger partial charge in [-0.25, -0.2) is 0 Å². The molecule has 0 saturated carbocycles. The van der Waals surface area contributed by atoms with E-state index in [0.29, 0.717) is 0 Å². The number of carbonyl (C=O) groups excluding carboxylic acids is 6. The van der Waals surface area contributed by atoms with E-state index in [0.717, 1.165) is 33.7 Å². The predicted molar refractivity (Wildman–Crippen MR) is 263 cm³/mol. The molecular formula is C33H40I6N6O15. The Morgan fingerprint density at radius 3 is 1.03 bits per heavy atom. The van der Waals surface area contributed by atoms with Gasteiger partial charge in [0.15, 0.2) is 12.5 Å². The Bertz CT molecular complexity index is 1860. The third-order valence-corrected chi connectivity index (χ3v) is 14.9. The maximum atomic E-state index is 14.1. The fourth-order valence-electron chi connectivity index (χ4n) is 4.95. The van der Waals surface area contributed by atoms with Crippen LogP contribution in [0.5, 0.6) is 0 Å². The van der Waals surface area contributed by atoms with E-state index < -0.39 is 106 Å². The molecule has 60 heavy (non-hydrogen) atoms. The number of hydrogen-bond donors (Lipinski definition) is 11. The number of nitrogens with one attached hydrogen (secondary N) is 2. The van der Waals surface area contributed by atoms with Crippen molar-refractivity contribution in [2.24, 2.45) is 0 Å². The minimum Gasteiger partial charge on any atom is -0.394 e. The van der Waals surface area contributed by atoms with Gasteiger partial charge >= 0.3 is 0 Å². The minimum atomic E-state index is -2.53. The molecule has 11 N–H and O–H groups in total. The number of rotatable bonds is 18. The Morgan fingerprint density at radius 2 is 0.767 bits per heavy atom. The lowest BCUT2D eigenvalue weighted by Gasteiger charge is -2.30. The summed E-state index contributed by atoms with van der Waals surface area (Å²) in [6.45, 7) is -3.93. The average molecular weight is 1520 g/mol. The summed E-state index contributed by atoms with van der Waals surface area (Å²) in [4.78, 5) is 86.1. The van der Waals surface area contributed by atoms with Gasteiger partial charge in [0.1, 0.15) is 0 Å². The van der Waals surface area contributed by atoms with E-state index in [9.17, 15) is 74.7 Å². The van der Waals surface area contributed by atoms with E-state index >= 15 is 0 Å². The van der Waals surface area contributed by atoms with Crippen molar-refractivity contribution in [1.82, 2.24) is 20.4 Å². The molecule has 4 unspecified atom stereocenters. The number of carbonyl (C=O) groups is 6. The Labute approximate surface area is 424 Å². The van der Waals surface area contributed by atoms with E-state index in [2.05, 4.69) is 10.6 Å². The normalized spacial score (nSPS) is 13.7. The largest absolute Gasteiger partial charge is 0.394 e. The highest BCUT2D eigenvalue weighted by molar-refractivity contribution is 14.1. The summed E-state index contributed by atoms with van der Waals surface area (Å²) in [7, 11) is 4.63. The summed E-state index contributed by atoms with van der Waals surface area (Å²) in [5.74, 6) is -6.10. The van der Waals surface area contributed by atoms with Gasteiger partial charge in [0.2, 0.25) is 6.10 Å². The quantitative estimate of drug-likeness (QED) is 0.0447. The first-order valence-corrected chi connectivity index (χ1v) is 23.3. The molecular weight excluding hydrogens is 1480 g/mol. The second kappa shape index (κ2) is 24.5. The molecule has 0 spiro atoms. The first-order valence-electron chi connectivity index (χ1n) is 16.8. The monoisotopic (exact) mass is 1520 g/mol. The van der Waals surface area contributed by atoms with Crippen LogP contribution in [0.25, 0.3) is 0 Å². The highest BCUT2D eigenvalue weighted by Gasteiger charge is 2.39. The SMILES string of the molecule is CN(C(=O)C(O)C(=O)N(C)c1c(I)c(C(=O)NCC(O)CO)c(I)c(C(=O)N(C)C(O)CO)c1I)c1c(I)c(C(=O)NCC(O)CO)c(I)c(C(=O)N(C)C(O)CO)c1I. The number of amides is 6. The molecule has 6 amide bonds. The molecule has 0 bridgehead atoms. The van der Waals surface area contributed by atoms with Gasteiger partial charge in [0.05, 0.1) is 86.5 Å². The van der Waals surface area contributed by atoms with Crippen LogP contribution in [0.2, 0.25) is 0 Å². The maximum Gasteiger partial charge on any atom is 0.265 e. The maximum absolute atomic E-state index is 14.1. The Hall–Kier alpha value is -0.720. The molecule has 2 rings (SSSR count). The zero-order valence-electron chi connectivity index (χ0n) is 31.7. The molecule has 0 aliphatic carbocycles. The minimum absolute atomic E-state index is 0.0141. The van der Waals surface area contributed by atoms with Crippen molar-refractivity contribution < 1.29 is 74.7 Å². The van der Waals surface area contributed by atoms with Crippen LogP contribution in [0.3, 0.4) is 0 Å². The van der Waals surface area contributed by atoms with Crippen molar-refractivity contribution in [3.8, 4) is 0 Å². The molecule has 27 heteroatoms. The molecule has 334 valence electrons. The molecule has 0 heterocycles. The van der Waals surface area contributed by atoms with Crippen molar-refractivity contribution in [3.63, 3.8) is 0 Å². The second-order valence-electron chi connectivity index (χ2n) is 12.5. The molecule has 0 saturated heterocycles. The Morgan fingerprint density at radius 1 is 0.483 bits per heavy atom. The van der Waals surface area contributed by atoms with E-state index in [1.165, 1.54) is 14.1 Å². The van der Waals surface area contributed by atoms with Crippen LogP contribution in [0, 0.1) is 21.4 Å². The zero-order chi connectivity index (χ0) is 46.2. The number of halogens is 6. The number of likely N-dealkylation sites (N-methyl/N-ethyl adjacent to an activating group) is 4. The topological polar surface area (TPSA) is 322 Å². The van der Waals surface area contributed by atoms with Crippen LogP contribution in [-0.4, -0.2) is 190 Å². The highest BCUT2D eigenvalue weighted by Crippen LogP contribution is 2.40. The number of anilines is 2. The Balaban J connectivity index is 2.85. The van der Waals surface area contributed by atoms with E-state index in [1.807, 2.05) is 0 Å². The highest BCUT2D eigenvalue weighted by atomic mass is 127. The smallest absolute Gasteiger partial charge is 0.265 e. The molecule has 0 aliphatic rings. The number of aliphatic hydroxyl groups excluding tert-OH is 9. The van der Waals surface area contributed by atoms with Gasteiger partial charge < -0.3 is 76.2 Å².